The number of carbonyl (C=O) groups excluding carboxylic acids is 2. The summed E-state index contributed by atoms with van der Waals surface area (Å²) in [7, 11) is 1.08. The zero-order valence-electron chi connectivity index (χ0n) is 38.5. The fourth-order valence-corrected chi connectivity index (χ4v) is 6.63. The first kappa shape index (κ1) is 57.4. The molecule has 60 heavy (non-hydrogen) atoms. The molecule has 3 atom stereocenters. The molecule has 0 aromatic rings. The van der Waals surface area contributed by atoms with Crippen LogP contribution in [0.2, 0.25) is 0 Å². The van der Waals surface area contributed by atoms with Crippen molar-refractivity contribution in [2.24, 2.45) is 0 Å². The number of phosphoric ester groups is 1. The standard InChI is InChI=1S/C49H86NO9P/c1-6-8-10-12-14-15-16-17-18-19-20-21-22-23-24-25-26-28-32-36-40-48(52)56-44-47(45-58-60(54,55)57-43-42-50(3,4)5)59-49(53)41-37-33-29-31-35-39-46(51)38-34-30-27-13-11-9-7-2/h9,11,15-16,18-19,21-22,27,30,34,38,46-47,51H,6-8,10,12-14,17,20,23-26,28-29,31-33,35-37,39-45H2,1-5H3/b11-9+,16-15-,19-18-,22-21-,30-27+,38-34+/t46?,47-/m1/s1. The largest absolute Gasteiger partial charge is 0.756 e. The highest BCUT2D eigenvalue weighted by Gasteiger charge is 2.21. The first-order valence-corrected chi connectivity index (χ1v) is 24.7. The van der Waals surface area contributed by atoms with Crippen molar-refractivity contribution >= 4 is 19.8 Å². The number of aliphatic hydroxyl groups is 1. The summed E-state index contributed by atoms with van der Waals surface area (Å²) in [5.41, 5.74) is 0. The molecule has 2 unspecified atom stereocenters. The van der Waals surface area contributed by atoms with Crippen LogP contribution in [-0.4, -0.2) is 81.2 Å². The first-order chi connectivity index (χ1) is 28.9. The number of rotatable bonds is 41. The SMILES string of the molecule is CC/C=C/C/C=C/C=C/C(O)CCCCCCCC(=O)O[C@H](COC(=O)CCCCCCCC/C=C\C/C=C\C/C=C\CCCCCC)COP(=O)([O-])OCC[N+](C)(C)C. The van der Waals surface area contributed by atoms with Crippen LogP contribution in [-0.2, 0) is 32.7 Å². The smallest absolute Gasteiger partial charge is 0.306 e. The average molecular weight is 864 g/mol. The Morgan fingerprint density at radius 1 is 0.633 bits per heavy atom. The second kappa shape index (κ2) is 40.5. The maximum atomic E-state index is 12.7. The number of unbranched alkanes of at least 4 members (excludes halogenated alkanes) is 14. The molecule has 0 spiro atoms. The summed E-state index contributed by atoms with van der Waals surface area (Å²) >= 11 is 0. The van der Waals surface area contributed by atoms with Crippen molar-refractivity contribution in [3.63, 3.8) is 0 Å². The van der Waals surface area contributed by atoms with Crippen LogP contribution in [0.25, 0.3) is 0 Å². The van der Waals surface area contributed by atoms with Gasteiger partial charge in [0.05, 0.1) is 33.9 Å². The molecule has 0 aliphatic carbocycles. The number of carbonyl (C=O) groups is 2. The summed E-state index contributed by atoms with van der Waals surface area (Å²) in [6.45, 7) is 3.93. The molecule has 0 aromatic carbocycles. The highest BCUT2D eigenvalue weighted by atomic mass is 31.2. The zero-order valence-corrected chi connectivity index (χ0v) is 39.4. The van der Waals surface area contributed by atoms with E-state index in [0.29, 0.717) is 30.3 Å². The van der Waals surface area contributed by atoms with Crippen LogP contribution in [0.15, 0.2) is 72.9 Å². The molecule has 0 aliphatic heterocycles. The third-order valence-corrected chi connectivity index (χ3v) is 10.5. The van der Waals surface area contributed by atoms with Gasteiger partial charge in [0.25, 0.3) is 7.82 Å². The van der Waals surface area contributed by atoms with Gasteiger partial charge in [-0.3, -0.25) is 14.2 Å². The lowest BCUT2D eigenvalue weighted by atomic mass is 10.1. The van der Waals surface area contributed by atoms with E-state index in [1.165, 1.54) is 32.1 Å². The molecule has 0 amide bonds. The Morgan fingerprint density at radius 3 is 1.78 bits per heavy atom. The van der Waals surface area contributed by atoms with E-state index in [4.69, 9.17) is 18.5 Å². The molecule has 0 saturated heterocycles. The molecule has 10 nitrogen and oxygen atoms in total. The Labute approximate surface area is 366 Å². The predicted octanol–water partition coefficient (Wildman–Crippen LogP) is 11.7. The number of nitrogens with zero attached hydrogens (tertiary/aromatic N) is 1. The average Bonchev–Trinajstić information content (AvgIpc) is 3.19. The van der Waals surface area contributed by atoms with Gasteiger partial charge in [-0.25, -0.2) is 0 Å². The molecule has 0 radical (unpaired) electrons. The van der Waals surface area contributed by atoms with E-state index in [2.05, 4.69) is 68.5 Å². The second-order valence-corrected chi connectivity index (χ2v) is 18.0. The van der Waals surface area contributed by atoms with Crippen molar-refractivity contribution in [2.45, 2.75) is 180 Å². The Balaban J connectivity index is 4.43. The van der Waals surface area contributed by atoms with Crippen molar-refractivity contribution < 1.29 is 47.2 Å². The minimum absolute atomic E-state index is 0.0550. The van der Waals surface area contributed by atoms with E-state index in [1.54, 1.807) is 6.08 Å². The lowest BCUT2D eigenvalue weighted by Gasteiger charge is -2.28. The number of hydrogen-bond donors (Lipinski definition) is 1. The number of allylic oxidation sites excluding steroid dienone is 11. The van der Waals surface area contributed by atoms with Crippen molar-refractivity contribution in [2.75, 3.05) is 47.5 Å². The van der Waals surface area contributed by atoms with E-state index in [9.17, 15) is 24.2 Å². The van der Waals surface area contributed by atoms with Crippen LogP contribution in [0.4, 0.5) is 0 Å². The minimum Gasteiger partial charge on any atom is -0.756 e. The van der Waals surface area contributed by atoms with Gasteiger partial charge in [0.2, 0.25) is 0 Å². The zero-order chi connectivity index (χ0) is 44.4. The van der Waals surface area contributed by atoms with Gasteiger partial charge < -0.3 is 33.0 Å². The van der Waals surface area contributed by atoms with E-state index >= 15 is 0 Å². The molecule has 0 heterocycles. The summed E-state index contributed by atoms with van der Waals surface area (Å²) in [6, 6.07) is 0. The van der Waals surface area contributed by atoms with Crippen LogP contribution >= 0.6 is 7.82 Å². The van der Waals surface area contributed by atoms with Crippen LogP contribution < -0.4 is 4.89 Å². The van der Waals surface area contributed by atoms with Crippen molar-refractivity contribution in [3.8, 4) is 0 Å². The molecule has 346 valence electrons. The Hall–Kier alpha value is -2.59. The van der Waals surface area contributed by atoms with Crippen molar-refractivity contribution in [1.29, 1.82) is 0 Å². The fraction of sp³-hybridized carbons (Fsp3) is 0.714. The summed E-state index contributed by atoms with van der Waals surface area (Å²) in [6.07, 6.45) is 46.6. The lowest BCUT2D eigenvalue weighted by molar-refractivity contribution is -0.870. The van der Waals surface area contributed by atoms with Gasteiger partial charge in [-0.05, 0) is 70.6 Å². The van der Waals surface area contributed by atoms with E-state index in [1.807, 2.05) is 33.3 Å². The van der Waals surface area contributed by atoms with Gasteiger partial charge >= 0.3 is 11.9 Å². The predicted molar refractivity (Wildman–Crippen MR) is 246 cm³/mol. The van der Waals surface area contributed by atoms with Gasteiger partial charge in [-0.1, -0.05) is 157 Å². The van der Waals surface area contributed by atoms with E-state index < -0.39 is 38.6 Å². The molecule has 0 saturated carbocycles. The highest BCUT2D eigenvalue weighted by molar-refractivity contribution is 7.45. The number of likely N-dealkylation sites (N-methyl/N-ethyl adjacent to an activating group) is 1. The quantitative estimate of drug-likeness (QED) is 0.0159. The van der Waals surface area contributed by atoms with Crippen LogP contribution in [0.1, 0.15) is 168 Å². The fourth-order valence-electron chi connectivity index (χ4n) is 5.90. The third-order valence-electron chi connectivity index (χ3n) is 9.56. The van der Waals surface area contributed by atoms with Crippen LogP contribution in [0, 0.1) is 0 Å². The lowest BCUT2D eigenvalue weighted by Crippen LogP contribution is -2.37. The first-order valence-electron chi connectivity index (χ1n) is 23.3. The number of aliphatic hydroxyl groups excluding tert-OH is 1. The number of hydrogen-bond acceptors (Lipinski definition) is 9. The van der Waals surface area contributed by atoms with Gasteiger partial charge in [0.1, 0.15) is 19.8 Å². The summed E-state index contributed by atoms with van der Waals surface area (Å²) < 4.78 is 33.9. The van der Waals surface area contributed by atoms with Crippen LogP contribution in [0.5, 0.6) is 0 Å². The topological polar surface area (TPSA) is 131 Å². The molecule has 1 N–H and O–H groups in total. The Bertz CT molecular complexity index is 1270. The highest BCUT2D eigenvalue weighted by Crippen LogP contribution is 2.38. The second-order valence-electron chi connectivity index (χ2n) is 16.6. The summed E-state index contributed by atoms with van der Waals surface area (Å²) in [5, 5.41) is 10.2. The van der Waals surface area contributed by atoms with Crippen LogP contribution in [0.3, 0.4) is 0 Å². The molecule has 0 bridgehead atoms. The number of esters is 2. The van der Waals surface area contributed by atoms with Gasteiger partial charge in [0.15, 0.2) is 6.10 Å². The third kappa shape index (κ3) is 43.5. The van der Waals surface area contributed by atoms with Gasteiger partial charge in [-0.2, -0.15) is 0 Å². The Kier molecular flexibility index (Phi) is 38.7. The van der Waals surface area contributed by atoms with E-state index in [0.717, 1.165) is 89.9 Å². The molecule has 0 rings (SSSR count). The summed E-state index contributed by atoms with van der Waals surface area (Å²) in [4.78, 5) is 37.6. The van der Waals surface area contributed by atoms with Crippen molar-refractivity contribution in [1.82, 2.24) is 0 Å². The normalized spacial score (nSPS) is 14.7. The van der Waals surface area contributed by atoms with Gasteiger partial charge in [0, 0.05) is 12.8 Å². The maximum Gasteiger partial charge on any atom is 0.306 e. The molecule has 11 heteroatoms. The molecular weight excluding hydrogens is 778 g/mol. The molecular formula is C49H86NO9P. The number of ether oxygens (including phenoxy) is 2. The minimum atomic E-state index is -4.66. The van der Waals surface area contributed by atoms with E-state index in [-0.39, 0.29) is 26.1 Å². The van der Waals surface area contributed by atoms with Gasteiger partial charge in [-0.15, -0.1) is 0 Å². The molecule has 0 aliphatic rings. The monoisotopic (exact) mass is 864 g/mol. The summed E-state index contributed by atoms with van der Waals surface area (Å²) in [5.74, 6) is -0.931. The Morgan fingerprint density at radius 2 is 1.17 bits per heavy atom. The molecule has 0 aromatic heterocycles. The maximum absolute atomic E-state index is 12.7. The number of phosphoric acid groups is 1. The number of quaternary nitrogens is 1. The van der Waals surface area contributed by atoms with Crippen molar-refractivity contribution in [3.05, 3.63) is 72.9 Å². The molecule has 0 fully saturated rings.